The van der Waals surface area contributed by atoms with Crippen LogP contribution in [-0.4, -0.2) is 166 Å². The van der Waals surface area contributed by atoms with E-state index >= 15 is 0 Å². The van der Waals surface area contributed by atoms with Gasteiger partial charge in [-0.15, -0.1) is 0 Å². The van der Waals surface area contributed by atoms with Gasteiger partial charge >= 0.3 is 35.8 Å². The number of Topliss-reactive ketones (excluding diaryl/α,β-unsaturated/α-hetero) is 1. The molecule has 26 unspecified atom stereocenters. The molecule has 0 bridgehead atoms. The Labute approximate surface area is 799 Å². The lowest BCUT2D eigenvalue weighted by Crippen LogP contribution is -2.63. The van der Waals surface area contributed by atoms with Gasteiger partial charge in [-0.05, 0) is 287 Å². The second kappa shape index (κ2) is 28.5. The summed E-state index contributed by atoms with van der Waals surface area (Å²) in [4.78, 5) is 147. The molecule has 0 N–H and O–H groups in total. The fourth-order valence-corrected chi connectivity index (χ4v) is 41.5. The molecule has 136 heavy (non-hydrogen) atoms. The Morgan fingerprint density at radius 1 is 0.346 bits per heavy atom. The fourth-order valence-electron chi connectivity index (χ4n) is 41.5. The minimum Gasteiger partial charge on any atom is -0.469 e. The Morgan fingerprint density at radius 3 is 1.26 bits per heavy atom. The standard InChI is InChI=1S/2C24H30O6.C23H28O4.C22H28O4.C19H24O3.CH4/c1-21-7-4-14(25)10-13(21)11-15(20(27)28-3)19-16-5-8-23(9-6-18(26)30-23)22(16,2)12-17-24(19,21)29-17;1-22-7-4-13(25)10-12(22)11-14(21(27)28-3)17-15-5-8-24(9-6-16(26)30-24)23(15,2)20-19(29-20)18(17)22;1-20-6-3-12(24)9-16(20)13-10-14(13)19-15-4-7-22(8-5-18(25)27-22)21(15,2)11-17-23(19,20)26-17;1-19-8-5-14(23)11-13(19)3-4-16-15-6-9-21(10-7-18(24)26-21)20(15,2)12-17-22(16,19)25-17;1-17-10-16-19(22-16)14(13(17)5-6-15(17)21)4-3-11-9-12(20)7-8-18(11,19)2;/h10,15-17,19H,4-9,11-12H2,1-3H3;10,14-15,17-20H,4-9,11H2,1-3H3;9,13-15,17,19H,3-8,10-11H2,1-2H3;11,15-17H,3-10,12H2,1-2H3;9,13-14,16H,3-8,10H2,1-2H3;1H4/t15-,16?,17?,19?,21?,22?,23-,24-;14-,15?,17?,18?,19?,20+,22+,23-,24-;13?,14?,15?,17?,19?,20?,21?,22-,23-;15?,16?,17?,19?,20?,21-,22+;13?,14?,16?,17?,18?,19-;/m11110./s1. The van der Waals surface area contributed by atoms with E-state index in [1.54, 1.807) is 12.2 Å². The third kappa shape index (κ3) is 10.9. The number of methoxy groups -OCH3 is 2. The maximum Gasteiger partial charge on any atom is 0.309 e. The highest BCUT2D eigenvalue weighted by Crippen LogP contribution is 2.86. The molecule has 0 radical (unpaired) electrons. The first-order chi connectivity index (χ1) is 64.1. The molecule has 23 nitrogen and oxygen atoms in total. The van der Waals surface area contributed by atoms with E-state index < -0.39 is 16.8 Å². The Bertz CT molecular complexity index is 5590. The van der Waals surface area contributed by atoms with Crippen LogP contribution < -0.4 is 0 Å². The van der Waals surface area contributed by atoms with E-state index in [1.807, 2.05) is 18.2 Å². The number of carbonyl (C=O) groups excluding carboxylic acids is 12. The number of rotatable bonds is 2. The second-order valence-corrected chi connectivity index (χ2v) is 51.9. The summed E-state index contributed by atoms with van der Waals surface area (Å²) in [6.45, 7) is 23.1. The highest BCUT2D eigenvalue weighted by Gasteiger charge is 2.90. The third-order valence-corrected chi connectivity index (χ3v) is 48.5. The average molecular weight is 1870 g/mol. The first kappa shape index (κ1) is 90.6. The summed E-state index contributed by atoms with van der Waals surface area (Å²) in [6, 6.07) is 0. The number of ketones is 6. The first-order valence-corrected chi connectivity index (χ1v) is 53.2. The molecule has 23 heteroatoms. The van der Waals surface area contributed by atoms with Crippen LogP contribution in [-0.2, 0) is 110 Å². The predicted molar refractivity (Wildman–Crippen MR) is 489 cm³/mol. The van der Waals surface area contributed by atoms with Gasteiger partial charge in [0.25, 0.3) is 0 Å². The molecule has 0 aromatic rings. The van der Waals surface area contributed by atoms with Gasteiger partial charge in [-0.2, -0.15) is 0 Å². The minimum atomic E-state index is -0.459. The maximum absolute atomic E-state index is 13.0. The van der Waals surface area contributed by atoms with E-state index in [2.05, 4.69) is 69.2 Å². The maximum atomic E-state index is 13.0. The molecule has 0 aromatic heterocycles. The van der Waals surface area contributed by atoms with Gasteiger partial charge < -0.3 is 52.1 Å². The van der Waals surface area contributed by atoms with Crippen molar-refractivity contribution in [2.75, 3.05) is 14.2 Å². The van der Waals surface area contributed by atoms with Gasteiger partial charge in [-0.25, -0.2) is 0 Å². The molecule has 39 atom stereocenters. The molecule has 0 aromatic carbocycles. The van der Waals surface area contributed by atoms with Crippen molar-refractivity contribution >= 4 is 70.5 Å². The van der Waals surface area contributed by atoms with E-state index in [1.165, 1.54) is 43.8 Å². The van der Waals surface area contributed by atoms with Crippen LogP contribution in [0, 0.1) is 143 Å². The Balaban J connectivity index is 0.0000000906. The molecule has 9 aliphatic heterocycles. The largest absolute Gasteiger partial charge is 0.469 e. The molecular weight excluding hydrogens is 1730 g/mol. The van der Waals surface area contributed by atoms with Gasteiger partial charge in [-0.1, -0.05) is 105 Å². The lowest BCUT2D eigenvalue weighted by atomic mass is 9.43. The molecule has 0 amide bonds. The smallest absolute Gasteiger partial charge is 0.309 e. The topological polar surface area (TPSA) is 323 Å². The first-order valence-electron chi connectivity index (χ1n) is 53.2. The van der Waals surface area contributed by atoms with Crippen LogP contribution in [0.4, 0.5) is 0 Å². The number of ether oxygens (including phenoxy) is 11. The molecule has 21 aliphatic carbocycles. The monoisotopic (exact) mass is 1870 g/mol. The molecule has 16 saturated carbocycles. The zero-order valence-electron chi connectivity index (χ0n) is 81.5. The van der Waals surface area contributed by atoms with Crippen molar-refractivity contribution in [1.29, 1.82) is 0 Å². The summed E-state index contributed by atoms with van der Waals surface area (Å²) < 4.78 is 67.5. The minimum absolute atomic E-state index is 0. The molecule has 9 heterocycles. The van der Waals surface area contributed by atoms with Crippen LogP contribution in [0.1, 0.15) is 327 Å². The molecule has 30 rings (SSSR count). The van der Waals surface area contributed by atoms with Crippen molar-refractivity contribution < 1.29 is 110 Å². The summed E-state index contributed by atoms with van der Waals surface area (Å²) in [6.07, 6.45) is 43.6. The molecule has 734 valence electrons. The van der Waals surface area contributed by atoms with Crippen molar-refractivity contribution in [1.82, 2.24) is 0 Å². The quantitative estimate of drug-likeness (QED) is 0.141. The third-order valence-electron chi connectivity index (χ3n) is 48.5. The van der Waals surface area contributed by atoms with Gasteiger partial charge in [-0.3, -0.25) is 57.5 Å². The van der Waals surface area contributed by atoms with Gasteiger partial charge in [0.1, 0.15) is 50.6 Å². The van der Waals surface area contributed by atoms with Crippen molar-refractivity contribution in [3.05, 3.63) is 58.2 Å². The Morgan fingerprint density at radius 2 is 0.743 bits per heavy atom. The van der Waals surface area contributed by atoms with E-state index in [9.17, 15) is 57.5 Å². The summed E-state index contributed by atoms with van der Waals surface area (Å²) >= 11 is 0. The number of epoxide rings is 5. The zero-order valence-corrected chi connectivity index (χ0v) is 81.5. The molecule has 8 spiro atoms. The number of esters is 6. The van der Waals surface area contributed by atoms with Crippen LogP contribution in [0.25, 0.3) is 0 Å². The summed E-state index contributed by atoms with van der Waals surface area (Å²) in [5.74, 6) is 5.91. The van der Waals surface area contributed by atoms with Crippen molar-refractivity contribution in [2.45, 2.75) is 409 Å². The fraction of sp³-hybridized carbons (Fsp3) is 0.805. The van der Waals surface area contributed by atoms with E-state index in [0.717, 1.165) is 178 Å². The highest BCUT2D eigenvalue weighted by molar-refractivity contribution is 5.95. The van der Waals surface area contributed by atoms with Crippen molar-refractivity contribution in [3.8, 4) is 0 Å². The number of allylic oxidation sites excluding steroid dienone is 1. The molecule has 9 saturated heterocycles. The molecule has 30 aliphatic rings. The van der Waals surface area contributed by atoms with Crippen LogP contribution >= 0.6 is 0 Å². The van der Waals surface area contributed by atoms with Crippen molar-refractivity contribution in [2.24, 2.45) is 143 Å². The molecule has 25 fully saturated rings. The van der Waals surface area contributed by atoms with E-state index in [-0.39, 0.29) is 221 Å². The van der Waals surface area contributed by atoms with E-state index in [4.69, 9.17) is 52.1 Å². The lowest BCUT2D eigenvalue weighted by molar-refractivity contribution is -0.172. The number of carbonyl (C=O) groups is 12. The lowest BCUT2D eigenvalue weighted by Gasteiger charge is -2.58. The van der Waals surface area contributed by atoms with Crippen LogP contribution in [0.15, 0.2) is 58.2 Å². The van der Waals surface area contributed by atoms with E-state index in [0.29, 0.717) is 135 Å². The Hall–Kier alpha value is -6.66. The number of hydrogen-bond acceptors (Lipinski definition) is 23. The SMILES string of the molecule is C.CC12CC3O[C@@]34C(C3CC3C3=CC(=O)CCC34C)C1CC[C@@]21CCC(=O)O1.CC12CC3O[C@@]34C(CCC3=CC(=O)CCC34C)C1CCC2=O.CC12CC3O[C@@]34C(CCC3=CC(=O)CCC34C)C1CC[C@@]21CCC(=O)O1.COC(=O)[C@@H]1CC2=CC(=O)CCC2(C)[C@@]23OC2CC2(C)C(CC[C@@]24CCC(=O)O4)C13.COC(=O)[C@@H]1CC2=CC(=O)CC[C@]2(C)C2C1C1CC[C@@]3(CCC(=O)O3)[C@@]1(C)[C@H]1OC21. The predicted octanol–water partition coefficient (Wildman–Crippen LogP) is 17.3. The summed E-state index contributed by atoms with van der Waals surface area (Å²) in [5, 5.41) is 0. The second-order valence-electron chi connectivity index (χ2n) is 51.9. The zero-order chi connectivity index (χ0) is 93.8. The number of hydrogen-bond donors (Lipinski definition) is 0. The van der Waals surface area contributed by atoms with Crippen LogP contribution in [0.2, 0.25) is 0 Å². The average Bonchev–Trinajstić information content (AvgIpc) is 1.46. The van der Waals surface area contributed by atoms with Gasteiger partial charge in [0.2, 0.25) is 0 Å². The van der Waals surface area contributed by atoms with Gasteiger partial charge in [0, 0.05) is 125 Å². The van der Waals surface area contributed by atoms with Crippen LogP contribution in [0.3, 0.4) is 0 Å². The molecular formula is C113H144O23. The van der Waals surface area contributed by atoms with Crippen LogP contribution in [0.5, 0.6) is 0 Å². The van der Waals surface area contributed by atoms with Gasteiger partial charge in [0.05, 0.1) is 62.7 Å². The van der Waals surface area contributed by atoms with Crippen molar-refractivity contribution in [3.63, 3.8) is 0 Å². The van der Waals surface area contributed by atoms with Gasteiger partial charge in [0.15, 0.2) is 28.9 Å². The number of fused-ring (bicyclic) bond motifs is 27. The summed E-state index contributed by atoms with van der Waals surface area (Å²) in [5.41, 5.74) is 3.59. The summed E-state index contributed by atoms with van der Waals surface area (Å²) in [7, 11) is 2.91. The normalized spacial score (nSPS) is 55.7. The highest BCUT2D eigenvalue weighted by atomic mass is 16.6. The Kier molecular flexibility index (Phi) is 19.0.